The average molecular weight is 270 g/mol. The summed E-state index contributed by atoms with van der Waals surface area (Å²) in [5, 5.41) is 0. The highest BCUT2D eigenvalue weighted by molar-refractivity contribution is 5.97. The summed E-state index contributed by atoms with van der Waals surface area (Å²) in [4.78, 5) is 12.0. The normalized spacial score (nSPS) is 10.1. The molecule has 0 saturated carbocycles. The lowest BCUT2D eigenvalue weighted by Crippen LogP contribution is -2.12. The summed E-state index contributed by atoms with van der Waals surface area (Å²) in [5.74, 6) is 1.20. The Kier molecular flexibility index (Phi) is 4.77. The molecule has 0 atom stereocenters. The van der Waals surface area contributed by atoms with E-state index < -0.39 is 0 Å². The van der Waals surface area contributed by atoms with Crippen molar-refractivity contribution < 1.29 is 14.3 Å². The third-order valence-electron chi connectivity index (χ3n) is 3.09. The second-order valence-corrected chi connectivity index (χ2v) is 4.42. The Balaban J connectivity index is 2.08. The lowest BCUT2D eigenvalue weighted by Gasteiger charge is -2.11. The summed E-state index contributed by atoms with van der Waals surface area (Å²) in [6, 6.07) is 14.9. The Labute approximate surface area is 119 Å². The van der Waals surface area contributed by atoms with Gasteiger partial charge in [0.1, 0.15) is 0 Å². The number of carbonyl (C=O) groups excluding carboxylic acids is 1. The Morgan fingerprint density at radius 2 is 1.80 bits per heavy atom. The van der Waals surface area contributed by atoms with E-state index in [1.165, 1.54) is 0 Å². The van der Waals surface area contributed by atoms with E-state index in [-0.39, 0.29) is 12.4 Å². The highest BCUT2D eigenvalue weighted by Crippen LogP contribution is 2.28. The number of benzene rings is 2. The molecular weight excluding hydrogens is 252 g/mol. The molecule has 2 aromatic rings. The van der Waals surface area contributed by atoms with Gasteiger partial charge in [-0.1, -0.05) is 43.3 Å². The molecule has 2 rings (SSSR count). The molecule has 0 aromatic heterocycles. The van der Waals surface area contributed by atoms with Crippen LogP contribution in [0.15, 0.2) is 48.5 Å². The van der Waals surface area contributed by atoms with Crippen molar-refractivity contribution in [2.45, 2.75) is 13.3 Å². The van der Waals surface area contributed by atoms with E-state index in [0.29, 0.717) is 17.1 Å². The first-order chi connectivity index (χ1) is 9.74. The molecule has 0 aliphatic rings. The van der Waals surface area contributed by atoms with Crippen LogP contribution in [0.2, 0.25) is 0 Å². The van der Waals surface area contributed by atoms with Gasteiger partial charge in [0, 0.05) is 5.56 Å². The molecule has 0 bridgehead atoms. The minimum Gasteiger partial charge on any atom is -0.493 e. The molecule has 0 fully saturated rings. The van der Waals surface area contributed by atoms with Crippen LogP contribution in [0.4, 0.5) is 0 Å². The van der Waals surface area contributed by atoms with Gasteiger partial charge in [0.15, 0.2) is 23.9 Å². The maximum Gasteiger partial charge on any atom is 0.200 e. The number of ketones is 1. The second kappa shape index (κ2) is 6.75. The van der Waals surface area contributed by atoms with Crippen LogP contribution in [-0.4, -0.2) is 19.5 Å². The van der Waals surface area contributed by atoms with Gasteiger partial charge in [-0.25, -0.2) is 0 Å². The number of aryl methyl sites for hydroxylation is 1. The monoisotopic (exact) mass is 270 g/mol. The van der Waals surface area contributed by atoms with E-state index >= 15 is 0 Å². The van der Waals surface area contributed by atoms with Crippen LogP contribution in [0.25, 0.3) is 0 Å². The molecule has 0 aliphatic carbocycles. The fraction of sp³-hybridized carbons (Fsp3) is 0.235. The smallest absolute Gasteiger partial charge is 0.200 e. The minimum atomic E-state index is -0.0467. The zero-order chi connectivity index (χ0) is 14.4. The van der Waals surface area contributed by atoms with E-state index in [1.807, 2.05) is 36.4 Å². The van der Waals surface area contributed by atoms with Crippen molar-refractivity contribution in [2.24, 2.45) is 0 Å². The number of methoxy groups -OCH3 is 1. The van der Waals surface area contributed by atoms with Crippen molar-refractivity contribution >= 4 is 5.78 Å². The van der Waals surface area contributed by atoms with Gasteiger partial charge >= 0.3 is 0 Å². The fourth-order valence-electron chi connectivity index (χ4n) is 1.90. The van der Waals surface area contributed by atoms with Crippen LogP contribution >= 0.6 is 0 Å². The molecule has 0 heterocycles. The number of Topliss-reactive ketones (excluding diaryl/α,β-unsaturated/α-hetero) is 1. The van der Waals surface area contributed by atoms with Gasteiger partial charge in [-0.05, 0) is 24.1 Å². The summed E-state index contributed by atoms with van der Waals surface area (Å²) < 4.78 is 10.9. The highest BCUT2D eigenvalue weighted by Gasteiger charge is 2.09. The second-order valence-electron chi connectivity index (χ2n) is 4.42. The Morgan fingerprint density at radius 1 is 1.05 bits per heavy atom. The van der Waals surface area contributed by atoms with E-state index in [0.717, 1.165) is 12.0 Å². The largest absolute Gasteiger partial charge is 0.493 e. The molecule has 3 nitrogen and oxygen atoms in total. The molecule has 20 heavy (non-hydrogen) atoms. The molecule has 0 amide bonds. The number of rotatable bonds is 6. The van der Waals surface area contributed by atoms with Crippen molar-refractivity contribution in [1.29, 1.82) is 0 Å². The molecular formula is C17H18O3. The topological polar surface area (TPSA) is 35.5 Å². The molecule has 0 radical (unpaired) electrons. The number of ether oxygens (including phenoxy) is 2. The van der Waals surface area contributed by atoms with Gasteiger partial charge in [0.05, 0.1) is 7.11 Å². The van der Waals surface area contributed by atoms with Crippen LogP contribution in [0.3, 0.4) is 0 Å². The zero-order valence-corrected chi connectivity index (χ0v) is 11.8. The number of carbonyl (C=O) groups is 1. The summed E-state index contributed by atoms with van der Waals surface area (Å²) in [7, 11) is 1.59. The van der Waals surface area contributed by atoms with Gasteiger partial charge in [-0.3, -0.25) is 4.79 Å². The summed E-state index contributed by atoms with van der Waals surface area (Å²) in [6.07, 6.45) is 0.910. The third-order valence-corrected chi connectivity index (χ3v) is 3.09. The molecule has 0 spiro atoms. The molecule has 0 aliphatic heterocycles. The van der Waals surface area contributed by atoms with Crippen molar-refractivity contribution in [3.63, 3.8) is 0 Å². The summed E-state index contributed by atoms with van der Waals surface area (Å²) >= 11 is 0. The fourth-order valence-corrected chi connectivity index (χ4v) is 1.90. The van der Waals surface area contributed by atoms with E-state index in [1.54, 1.807) is 19.2 Å². The van der Waals surface area contributed by atoms with Crippen LogP contribution in [0.5, 0.6) is 11.5 Å². The molecule has 0 saturated heterocycles. The van der Waals surface area contributed by atoms with Crippen molar-refractivity contribution in [1.82, 2.24) is 0 Å². The van der Waals surface area contributed by atoms with Crippen molar-refractivity contribution in [3.8, 4) is 11.5 Å². The Hall–Kier alpha value is -2.29. The van der Waals surface area contributed by atoms with E-state index in [2.05, 4.69) is 6.92 Å². The zero-order valence-electron chi connectivity index (χ0n) is 11.8. The van der Waals surface area contributed by atoms with E-state index in [9.17, 15) is 4.79 Å². The average Bonchev–Trinajstić information content (AvgIpc) is 2.53. The van der Waals surface area contributed by atoms with Gasteiger partial charge in [-0.2, -0.15) is 0 Å². The van der Waals surface area contributed by atoms with Crippen LogP contribution < -0.4 is 9.47 Å². The SMILES string of the molecule is CCc1ccc(OC)c(OCC(=O)c2ccccc2)c1. The predicted molar refractivity (Wildman–Crippen MR) is 78.6 cm³/mol. The van der Waals surface area contributed by atoms with Crippen molar-refractivity contribution in [2.75, 3.05) is 13.7 Å². The van der Waals surface area contributed by atoms with E-state index in [4.69, 9.17) is 9.47 Å². The number of hydrogen-bond donors (Lipinski definition) is 0. The number of hydrogen-bond acceptors (Lipinski definition) is 3. The standard InChI is InChI=1S/C17H18O3/c1-3-13-9-10-16(19-2)17(11-13)20-12-15(18)14-7-5-4-6-8-14/h4-11H,3,12H2,1-2H3. The summed E-state index contributed by atoms with van der Waals surface area (Å²) in [5.41, 5.74) is 1.80. The van der Waals surface area contributed by atoms with Crippen molar-refractivity contribution in [3.05, 3.63) is 59.7 Å². The maximum absolute atomic E-state index is 12.0. The molecule has 0 unspecified atom stereocenters. The molecule has 3 heteroatoms. The molecule has 104 valence electrons. The highest BCUT2D eigenvalue weighted by atomic mass is 16.5. The predicted octanol–water partition coefficient (Wildman–Crippen LogP) is 3.52. The van der Waals surface area contributed by atoms with Gasteiger partial charge < -0.3 is 9.47 Å². The molecule has 2 aromatic carbocycles. The van der Waals surface area contributed by atoms with Crippen LogP contribution in [0.1, 0.15) is 22.8 Å². The van der Waals surface area contributed by atoms with Gasteiger partial charge in [-0.15, -0.1) is 0 Å². The lowest BCUT2D eigenvalue weighted by atomic mass is 10.1. The lowest BCUT2D eigenvalue weighted by molar-refractivity contribution is 0.0919. The van der Waals surface area contributed by atoms with Crippen LogP contribution in [0, 0.1) is 0 Å². The van der Waals surface area contributed by atoms with Gasteiger partial charge in [0.25, 0.3) is 0 Å². The van der Waals surface area contributed by atoms with Gasteiger partial charge in [0.2, 0.25) is 0 Å². The minimum absolute atomic E-state index is 0.00748. The Morgan fingerprint density at radius 3 is 2.45 bits per heavy atom. The summed E-state index contributed by atoms with van der Waals surface area (Å²) in [6.45, 7) is 2.08. The first-order valence-electron chi connectivity index (χ1n) is 6.62. The van der Waals surface area contributed by atoms with Crippen LogP contribution in [-0.2, 0) is 6.42 Å². The first kappa shape index (κ1) is 14.1. The maximum atomic E-state index is 12.0. The molecule has 0 N–H and O–H groups in total. The third kappa shape index (κ3) is 3.38. The Bertz CT molecular complexity index is 576. The first-order valence-corrected chi connectivity index (χ1v) is 6.62. The quantitative estimate of drug-likeness (QED) is 0.753.